The molecule has 0 aliphatic rings. The number of hydrogen-bond donors (Lipinski definition) is 2. The SMILES string of the molecule is Cc1cc(C)cc(NC(=O)C[S-])c1.Cc1cc(C)cc(NC(=O)C[S-])c1.[Cu+2]. The second kappa shape index (κ2) is 12.9. The molecule has 1 radical (unpaired) electrons. The van der Waals surface area contributed by atoms with Crippen molar-refractivity contribution in [3.63, 3.8) is 0 Å². The first-order valence-corrected chi connectivity index (χ1v) is 9.31. The Bertz CT molecular complexity index is 677. The molecule has 2 N–H and O–H groups in total. The third-order valence-electron chi connectivity index (χ3n) is 3.27. The van der Waals surface area contributed by atoms with E-state index in [1.54, 1.807) is 0 Å². The predicted octanol–water partition coefficient (Wildman–Crippen LogP) is 3.58. The van der Waals surface area contributed by atoms with Crippen LogP contribution in [0, 0.1) is 27.7 Å². The molecule has 0 unspecified atom stereocenters. The van der Waals surface area contributed by atoms with Crippen molar-refractivity contribution in [3.05, 3.63) is 58.7 Å². The zero-order chi connectivity index (χ0) is 19.7. The Morgan fingerprint density at radius 2 is 0.926 bits per heavy atom. The molecule has 2 rings (SSSR count). The number of nitrogens with one attached hydrogen (secondary N) is 2. The van der Waals surface area contributed by atoms with Crippen LogP contribution in [0.25, 0.3) is 0 Å². The molecular formula is C20H24CuN2O2S2. The van der Waals surface area contributed by atoms with Gasteiger partial charge in [-0.05, 0) is 74.2 Å². The molecule has 2 aromatic rings. The van der Waals surface area contributed by atoms with E-state index in [-0.39, 0.29) is 40.4 Å². The number of amides is 2. The molecule has 0 heterocycles. The number of rotatable bonds is 4. The first-order chi connectivity index (χ1) is 12.2. The fourth-order valence-electron chi connectivity index (χ4n) is 2.49. The molecule has 0 aliphatic carbocycles. The molecule has 149 valence electrons. The van der Waals surface area contributed by atoms with E-state index >= 15 is 0 Å². The van der Waals surface area contributed by atoms with Crippen LogP contribution in [0.2, 0.25) is 0 Å². The van der Waals surface area contributed by atoms with Crippen molar-refractivity contribution in [3.8, 4) is 0 Å². The van der Waals surface area contributed by atoms with E-state index in [0.29, 0.717) is 0 Å². The monoisotopic (exact) mass is 451 g/mol. The van der Waals surface area contributed by atoms with Crippen molar-refractivity contribution < 1.29 is 26.7 Å². The van der Waals surface area contributed by atoms with Gasteiger partial charge in [-0.2, -0.15) is 0 Å². The molecule has 7 heteroatoms. The molecule has 0 saturated carbocycles. The standard InChI is InChI=1S/2C10H13NOS.Cu/c2*1-7-3-8(2)5-9(4-7)11-10(12)6-13;/h2*3-5,13H,6H2,1-2H3,(H,11,12);/q;;+2/p-2. The maximum Gasteiger partial charge on any atom is 2.00 e. The Labute approximate surface area is 183 Å². The van der Waals surface area contributed by atoms with Crippen LogP contribution in [0.3, 0.4) is 0 Å². The molecule has 0 bridgehead atoms. The summed E-state index contributed by atoms with van der Waals surface area (Å²) in [5.74, 6) is -0.0417. The number of anilines is 2. The zero-order valence-corrected chi connectivity index (χ0v) is 18.4. The van der Waals surface area contributed by atoms with Crippen LogP contribution in [0.5, 0.6) is 0 Å². The summed E-state index contributed by atoms with van der Waals surface area (Å²) in [4.78, 5) is 22.0. The second-order valence-electron chi connectivity index (χ2n) is 6.14. The fourth-order valence-corrected chi connectivity index (χ4v) is 2.63. The summed E-state index contributed by atoms with van der Waals surface area (Å²) in [7, 11) is 0. The van der Waals surface area contributed by atoms with Gasteiger partial charge in [-0.3, -0.25) is 9.59 Å². The second-order valence-corrected chi connectivity index (χ2v) is 6.72. The van der Waals surface area contributed by atoms with Gasteiger partial charge in [-0.15, -0.1) is 0 Å². The van der Waals surface area contributed by atoms with Crippen LogP contribution >= 0.6 is 0 Å². The molecule has 0 saturated heterocycles. The van der Waals surface area contributed by atoms with Crippen molar-refractivity contribution in [2.45, 2.75) is 27.7 Å². The Hall–Kier alpha value is -1.40. The predicted molar refractivity (Wildman–Crippen MR) is 114 cm³/mol. The van der Waals surface area contributed by atoms with Crippen molar-refractivity contribution in [1.82, 2.24) is 0 Å². The van der Waals surface area contributed by atoms with Crippen molar-refractivity contribution in [1.29, 1.82) is 0 Å². The molecule has 0 atom stereocenters. The van der Waals surface area contributed by atoms with Gasteiger partial charge in [-0.1, -0.05) is 23.6 Å². The van der Waals surface area contributed by atoms with Gasteiger partial charge in [-0.25, -0.2) is 0 Å². The summed E-state index contributed by atoms with van der Waals surface area (Å²) >= 11 is 9.25. The summed E-state index contributed by atoms with van der Waals surface area (Å²) in [6.45, 7) is 7.99. The molecule has 27 heavy (non-hydrogen) atoms. The normalized spacial score (nSPS) is 9.41. The van der Waals surface area contributed by atoms with E-state index in [0.717, 1.165) is 33.6 Å². The summed E-state index contributed by atoms with van der Waals surface area (Å²) in [5.41, 5.74) is 6.21. The van der Waals surface area contributed by atoms with E-state index in [2.05, 4.69) is 48.0 Å². The maximum absolute atomic E-state index is 11.0. The minimum Gasteiger partial charge on any atom is -0.783 e. The molecule has 0 spiro atoms. The Morgan fingerprint density at radius 1 is 0.667 bits per heavy atom. The van der Waals surface area contributed by atoms with Gasteiger partial charge in [0.15, 0.2) is 11.8 Å². The van der Waals surface area contributed by atoms with Gasteiger partial charge in [0.1, 0.15) is 0 Å². The molecule has 2 aromatic carbocycles. The Morgan fingerprint density at radius 3 is 1.15 bits per heavy atom. The van der Waals surface area contributed by atoms with Crippen LogP contribution in [0.15, 0.2) is 36.4 Å². The summed E-state index contributed by atoms with van der Waals surface area (Å²) in [5, 5.41) is 5.46. The van der Waals surface area contributed by atoms with E-state index in [9.17, 15) is 9.59 Å². The molecule has 0 aromatic heterocycles. The average molecular weight is 452 g/mol. The topological polar surface area (TPSA) is 58.2 Å². The Kier molecular flexibility index (Phi) is 12.2. The van der Waals surface area contributed by atoms with Gasteiger partial charge in [0.25, 0.3) is 0 Å². The van der Waals surface area contributed by atoms with Crippen LogP contribution in [0.4, 0.5) is 11.4 Å². The van der Waals surface area contributed by atoms with Gasteiger partial charge < -0.3 is 35.9 Å². The van der Waals surface area contributed by atoms with Gasteiger partial charge in [0.2, 0.25) is 0 Å². The van der Waals surface area contributed by atoms with Crippen molar-refractivity contribution >= 4 is 48.4 Å². The number of carbonyl (C=O) groups is 2. The van der Waals surface area contributed by atoms with Crippen LogP contribution in [0.1, 0.15) is 22.3 Å². The molecule has 0 fully saturated rings. The van der Waals surface area contributed by atoms with E-state index < -0.39 is 0 Å². The fraction of sp³-hybridized carbons (Fsp3) is 0.300. The number of hydrogen-bond acceptors (Lipinski definition) is 4. The first kappa shape index (κ1) is 25.6. The van der Waals surface area contributed by atoms with E-state index in [1.807, 2.05) is 52.0 Å². The van der Waals surface area contributed by atoms with E-state index in [1.165, 1.54) is 0 Å². The minimum atomic E-state index is -0.125. The third kappa shape index (κ3) is 10.5. The van der Waals surface area contributed by atoms with Crippen molar-refractivity contribution in [2.24, 2.45) is 0 Å². The molecule has 4 nitrogen and oxygen atoms in total. The van der Waals surface area contributed by atoms with Gasteiger partial charge in [0.05, 0.1) is 0 Å². The smallest absolute Gasteiger partial charge is 0.783 e. The number of benzene rings is 2. The number of carbonyl (C=O) groups excluding carboxylic acids is 2. The summed E-state index contributed by atoms with van der Waals surface area (Å²) in [6, 6.07) is 11.8. The third-order valence-corrected chi connectivity index (χ3v) is 3.80. The van der Waals surface area contributed by atoms with E-state index in [4.69, 9.17) is 0 Å². The largest absolute Gasteiger partial charge is 2.00 e. The summed E-state index contributed by atoms with van der Waals surface area (Å²) in [6.07, 6.45) is 0. The van der Waals surface area contributed by atoms with Crippen LogP contribution < -0.4 is 10.6 Å². The van der Waals surface area contributed by atoms with Gasteiger partial charge >= 0.3 is 17.1 Å². The van der Waals surface area contributed by atoms with Gasteiger partial charge in [0, 0.05) is 11.4 Å². The quantitative estimate of drug-likeness (QED) is 0.551. The number of aryl methyl sites for hydroxylation is 4. The molecular weight excluding hydrogens is 428 g/mol. The molecule has 2 amide bonds. The first-order valence-electron chi connectivity index (χ1n) is 8.16. The van der Waals surface area contributed by atoms with Crippen LogP contribution in [-0.2, 0) is 51.9 Å². The average Bonchev–Trinajstić information content (AvgIpc) is 2.53. The van der Waals surface area contributed by atoms with Crippen molar-refractivity contribution in [2.75, 3.05) is 22.1 Å². The summed E-state index contributed by atoms with van der Waals surface area (Å²) < 4.78 is 0. The molecule has 0 aliphatic heterocycles. The Balaban J connectivity index is 0.000000483. The van der Waals surface area contributed by atoms with Crippen LogP contribution in [-0.4, -0.2) is 23.3 Å². The minimum absolute atomic E-state index is 0. The zero-order valence-electron chi connectivity index (χ0n) is 15.8. The maximum atomic E-state index is 11.0.